The van der Waals surface area contributed by atoms with Gasteiger partial charge in [0.2, 0.25) is 0 Å². The van der Waals surface area contributed by atoms with E-state index in [1.807, 2.05) is 6.92 Å². The van der Waals surface area contributed by atoms with Gasteiger partial charge in [-0.15, -0.1) is 0 Å². The average Bonchev–Trinajstić information content (AvgIpc) is 2.73. The minimum Gasteiger partial charge on any atom is -0.249 e. The van der Waals surface area contributed by atoms with Gasteiger partial charge in [0, 0.05) is 0 Å². The minimum absolute atomic E-state index is 0.704. The van der Waals surface area contributed by atoms with E-state index in [9.17, 15) is 0 Å². The highest BCUT2D eigenvalue weighted by Gasteiger charge is 2.20. The highest BCUT2D eigenvalue weighted by atomic mass is 79.9. The molecule has 0 fully saturated rings. The quantitative estimate of drug-likeness (QED) is 0.312. The number of fused-ring (bicyclic) bond motifs is 2. The molecule has 0 aliphatic rings. The van der Waals surface area contributed by atoms with Crippen molar-refractivity contribution < 1.29 is 0 Å². The third-order valence-electron chi connectivity index (χ3n) is 6.94. The second-order valence-corrected chi connectivity index (χ2v) is 9.17. The third-order valence-corrected chi connectivity index (χ3v) is 7.50. The summed E-state index contributed by atoms with van der Waals surface area (Å²) in [6.07, 6.45) is 0. The molecule has 2 heterocycles. The Hall–Kier alpha value is -2.40. The standard InChI is InChI=1S/C25H27BrN4/c1-10-11(2)15(6)20-19(14(10)5)27-18(9)23(28-20)24-25(26)30-22-17(8)13(4)12(3)16(7)21(22)29-24/h1-9H3. The fraction of sp³-hybridized carbons (Fsp3) is 0.360. The van der Waals surface area contributed by atoms with Crippen LogP contribution in [0.1, 0.15) is 50.2 Å². The van der Waals surface area contributed by atoms with Crippen molar-refractivity contribution >= 4 is 38.0 Å². The van der Waals surface area contributed by atoms with E-state index in [2.05, 4.69) is 71.3 Å². The minimum atomic E-state index is 0.704. The van der Waals surface area contributed by atoms with Crippen LogP contribution in [-0.4, -0.2) is 19.9 Å². The number of aryl methyl sites for hydroxylation is 5. The number of benzene rings is 2. The van der Waals surface area contributed by atoms with Gasteiger partial charge in [-0.25, -0.2) is 19.9 Å². The Labute approximate surface area is 186 Å². The lowest BCUT2D eigenvalue weighted by atomic mass is 9.96. The summed E-state index contributed by atoms with van der Waals surface area (Å²) in [5, 5.41) is 0. The smallest absolute Gasteiger partial charge is 0.134 e. The Kier molecular flexibility index (Phi) is 4.93. The van der Waals surface area contributed by atoms with E-state index in [1.165, 1.54) is 44.5 Å². The van der Waals surface area contributed by atoms with Crippen LogP contribution in [0.5, 0.6) is 0 Å². The SMILES string of the molecule is Cc1nc2c(C)c(C)c(C)c(C)c2nc1-c1nc2c(C)c(C)c(C)c(C)c2nc1Br. The molecule has 0 aliphatic heterocycles. The maximum Gasteiger partial charge on any atom is 0.134 e. The van der Waals surface area contributed by atoms with Crippen LogP contribution in [0, 0.1) is 62.3 Å². The first kappa shape index (κ1) is 20.9. The van der Waals surface area contributed by atoms with Crippen molar-refractivity contribution in [1.82, 2.24) is 19.9 Å². The molecular formula is C25H27BrN4. The second-order valence-electron chi connectivity index (χ2n) is 8.42. The van der Waals surface area contributed by atoms with Gasteiger partial charge < -0.3 is 0 Å². The fourth-order valence-corrected chi connectivity index (χ4v) is 4.64. The molecule has 0 unspecified atom stereocenters. The zero-order valence-electron chi connectivity index (χ0n) is 19.2. The zero-order chi connectivity index (χ0) is 22.1. The van der Waals surface area contributed by atoms with Gasteiger partial charge in [0.15, 0.2) is 0 Å². The molecule has 0 saturated heterocycles. The van der Waals surface area contributed by atoms with Gasteiger partial charge in [0.05, 0.1) is 27.8 Å². The molecule has 0 amide bonds. The molecule has 0 aliphatic carbocycles. The lowest BCUT2D eigenvalue weighted by molar-refractivity contribution is 1.11. The Morgan fingerprint density at radius 3 is 1.17 bits per heavy atom. The molecule has 4 nitrogen and oxygen atoms in total. The molecular weight excluding hydrogens is 436 g/mol. The molecule has 0 atom stereocenters. The van der Waals surface area contributed by atoms with Crippen molar-refractivity contribution in [2.45, 2.75) is 62.3 Å². The molecule has 30 heavy (non-hydrogen) atoms. The van der Waals surface area contributed by atoms with Crippen LogP contribution in [0.15, 0.2) is 4.60 Å². The first-order valence-electron chi connectivity index (χ1n) is 10.2. The zero-order valence-corrected chi connectivity index (χ0v) is 20.8. The van der Waals surface area contributed by atoms with Crippen LogP contribution in [0.4, 0.5) is 0 Å². The van der Waals surface area contributed by atoms with E-state index in [1.54, 1.807) is 0 Å². The number of rotatable bonds is 1. The molecule has 4 aromatic rings. The highest BCUT2D eigenvalue weighted by molar-refractivity contribution is 9.10. The van der Waals surface area contributed by atoms with Crippen molar-refractivity contribution in [3.05, 3.63) is 54.8 Å². The number of hydrogen-bond donors (Lipinski definition) is 0. The van der Waals surface area contributed by atoms with Crippen LogP contribution < -0.4 is 0 Å². The summed E-state index contributed by atoms with van der Waals surface area (Å²) in [7, 11) is 0. The summed E-state index contributed by atoms with van der Waals surface area (Å²) in [6.45, 7) is 19.1. The maximum absolute atomic E-state index is 5.07. The average molecular weight is 463 g/mol. The number of nitrogens with zero attached hydrogens (tertiary/aromatic N) is 4. The molecule has 0 N–H and O–H groups in total. The van der Waals surface area contributed by atoms with Crippen molar-refractivity contribution in [1.29, 1.82) is 0 Å². The summed E-state index contributed by atoms with van der Waals surface area (Å²) in [5.74, 6) is 0. The monoisotopic (exact) mass is 462 g/mol. The summed E-state index contributed by atoms with van der Waals surface area (Å²) in [4.78, 5) is 20.0. The molecule has 5 heteroatoms. The molecule has 0 bridgehead atoms. The first-order valence-corrected chi connectivity index (χ1v) is 11.0. The van der Waals surface area contributed by atoms with Crippen LogP contribution in [0.25, 0.3) is 33.5 Å². The number of hydrogen-bond acceptors (Lipinski definition) is 4. The summed E-state index contributed by atoms with van der Waals surface area (Å²) in [6, 6.07) is 0. The molecule has 0 saturated carbocycles. The lowest BCUT2D eigenvalue weighted by Crippen LogP contribution is -2.05. The van der Waals surface area contributed by atoms with Gasteiger partial charge >= 0.3 is 0 Å². The maximum atomic E-state index is 5.07. The van der Waals surface area contributed by atoms with E-state index in [4.69, 9.17) is 19.9 Å². The summed E-state index contributed by atoms with van der Waals surface area (Å²) >= 11 is 3.67. The fourth-order valence-electron chi connectivity index (χ4n) is 4.19. The predicted octanol–water partition coefficient (Wildman–Crippen LogP) is 6.78. The van der Waals surface area contributed by atoms with Gasteiger partial charge in [-0.1, -0.05) is 0 Å². The summed E-state index contributed by atoms with van der Waals surface area (Å²) < 4.78 is 0.704. The van der Waals surface area contributed by atoms with Crippen molar-refractivity contribution in [2.75, 3.05) is 0 Å². The molecule has 2 aromatic heterocycles. The van der Waals surface area contributed by atoms with Crippen LogP contribution in [-0.2, 0) is 0 Å². The van der Waals surface area contributed by atoms with Gasteiger partial charge in [-0.3, -0.25) is 0 Å². The van der Waals surface area contributed by atoms with Crippen LogP contribution in [0.2, 0.25) is 0 Å². The first-order chi connectivity index (χ1) is 14.0. The van der Waals surface area contributed by atoms with E-state index < -0.39 is 0 Å². The Morgan fingerprint density at radius 1 is 0.400 bits per heavy atom. The van der Waals surface area contributed by atoms with E-state index in [0.29, 0.717) is 4.60 Å². The normalized spacial score (nSPS) is 11.7. The summed E-state index contributed by atoms with van der Waals surface area (Å²) in [5.41, 5.74) is 16.0. The van der Waals surface area contributed by atoms with Gasteiger partial charge in [-0.2, -0.15) is 0 Å². The third kappa shape index (κ3) is 2.86. The van der Waals surface area contributed by atoms with E-state index in [-0.39, 0.29) is 0 Å². The van der Waals surface area contributed by atoms with Crippen molar-refractivity contribution in [2.24, 2.45) is 0 Å². The topological polar surface area (TPSA) is 51.6 Å². The van der Waals surface area contributed by atoms with Crippen molar-refractivity contribution in [3.8, 4) is 11.4 Å². The molecule has 0 spiro atoms. The van der Waals surface area contributed by atoms with E-state index in [0.717, 1.165) is 39.1 Å². The largest absolute Gasteiger partial charge is 0.249 e. The molecule has 0 radical (unpaired) electrons. The van der Waals surface area contributed by atoms with Gasteiger partial charge in [0.1, 0.15) is 16.0 Å². The molecule has 4 rings (SSSR count). The van der Waals surface area contributed by atoms with Gasteiger partial charge in [0.25, 0.3) is 0 Å². The molecule has 154 valence electrons. The lowest BCUT2D eigenvalue weighted by Gasteiger charge is -2.17. The second kappa shape index (κ2) is 7.09. The Balaban J connectivity index is 2.10. The Bertz CT molecular complexity index is 1280. The number of halogens is 1. The van der Waals surface area contributed by atoms with E-state index >= 15 is 0 Å². The highest BCUT2D eigenvalue weighted by Crippen LogP contribution is 2.35. The predicted molar refractivity (Wildman–Crippen MR) is 128 cm³/mol. The molecule has 2 aromatic carbocycles. The number of aromatic nitrogens is 4. The Morgan fingerprint density at radius 2 is 0.733 bits per heavy atom. The van der Waals surface area contributed by atoms with Crippen molar-refractivity contribution in [3.63, 3.8) is 0 Å². The van der Waals surface area contributed by atoms with Crippen LogP contribution >= 0.6 is 15.9 Å². The van der Waals surface area contributed by atoms with Gasteiger partial charge in [-0.05, 0) is 123 Å². The van der Waals surface area contributed by atoms with Crippen LogP contribution in [0.3, 0.4) is 0 Å².